The molecule has 0 aliphatic carbocycles. The summed E-state index contributed by atoms with van der Waals surface area (Å²) in [5.74, 6) is -0.870. The topological polar surface area (TPSA) is 78.9 Å². The van der Waals surface area contributed by atoms with Crippen molar-refractivity contribution in [1.82, 2.24) is 0 Å². The Kier molecular flexibility index (Phi) is 52.8. The third-order valence-electron chi connectivity index (χ3n) is 12.6. The molecule has 0 saturated carbocycles. The lowest BCUT2D eigenvalue weighted by Crippen LogP contribution is -2.30. The van der Waals surface area contributed by atoms with Crippen molar-refractivity contribution in [3.8, 4) is 0 Å². The summed E-state index contributed by atoms with van der Waals surface area (Å²) in [5.41, 5.74) is 0. The van der Waals surface area contributed by atoms with E-state index in [0.717, 1.165) is 77.0 Å². The first-order chi connectivity index (χ1) is 32.5. The molecule has 0 heterocycles. The fraction of sp³-hybridized carbons (Fsp3) is 0.817. The Morgan fingerprint density at radius 2 is 0.591 bits per heavy atom. The van der Waals surface area contributed by atoms with Gasteiger partial charge in [-0.05, 0) is 77.0 Å². The van der Waals surface area contributed by atoms with Gasteiger partial charge in [-0.3, -0.25) is 14.4 Å². The first-order valence-corrected chi connectivity index (χ1v) is 28.6. The van der Waals surface area contributed by atoms with Crippen molar-refractivity contribution in [3.63, 3.8) is 0 Å². The average molecular weight is 926 g/mol. The van der Waals surface area contributed by atoms with Gasteiger partial charge in [0.25, 0.3) is 0 Å². The predicted molar refractivity (Wildman–Crippen MR) is 284 cm³/mol. The molecule has 0 rings (SSSR count). The lowest BCUT2D eigenvalue weighted by atomic mass is 10.0. The Bertz CT molecular complexity index is 1150. The summed E-state index contributed by atoms with van der Waals surface area (Å²) in [4.78, 5) is 38.1. The number of allylic oxidation sites excluding steroid dienone is 8. The molecule has 0 aromatic carbocycles. The van der Waals surface area contributed by atoms with Crippen LogP contribution in [0.3, 0.4) is 0 Å². The number of ether oxygens (including phenoxy) is 3. The average Bonchev–Trinajstić information content (AvgIpc) is 3.31. The summed E-state index contributed by atoms with van der Waals surface area (Å²) < 4.78 is 16.9. The molecule has 66 heavy (non-hydrogen) atoms. The van der Waals surface area contributed by atoms with Crippen LogP contribution < -0.4 is 0 Å². The van der Waals surface area contributed by atoms with Crippen LogP contribution in [0.15, 0.2) is 48.6 Å². The van der Waals surface area contributed by atoms with E-state index >= 15 is 0 Å². The zero-order valence-electron chi connectivity index (χ0n) is 44.0. The van der Waals surface area contributed by atoms with E-state index in [4.69, 9.17) is 14.2 Å². The quantitative estimate of drug-likeness (QED) is 0.0262. The van der Waals surface area contributed by atoms with Crippen LogP contribution in [0, 0.1) is 0 Å². The standard InChI is InChI=1S/C60H108O6/c1-4-7-10-13-16-19-22-25-27-29-30-32-33-35-38-41-44-47-50-53-59(62)65-56-57(55-64-58(61)52-49-46-43-40-37-24-21-18-15-12-9-6-3)66-60(63)54-51-48-45-42-39-36-34-31-28-26-23-20-17-14-11-8-5-2/h7,10,16,19,25-28,57H,4-6,8-9,11-15,17-18,20-24,29-56H2,1-3H3/b10-7-,19-16-,27-25-,28-26-. The smallest absolute Gasteiger partial charge is 0.306 e. The highest BCUT2D eigenvalue weighted by Crippen LogP contribution is 2.16. The Morgan fingerprint density at radius 1 is 0.318 bits per heavy atom. The van der Waals surface area contributed by atoms with Crippen LogP contribution in [0.4, 0.5) is 0 Å². The molecule has 0 radical (unpaired) electrons. The fourth-order valence-corrected chi connectivity index (χ4v) is 8.28. The molecule has 384 valence electrons. The highest BCUT2D eigenvalue weighted by Gasteiger charge is 2.19. The van der Waals surface area contributed by atoms with Crippen LogP contribution in [0.5, 0.6) is 0 Å². The van der Waals surface area contributed by atoms with E-state index in [9.17, 15) is 14.4 Å². The zero-order valence-corrected chi connectivity index (χ0v) is 44.0. The first-order valence-electron chi connectivity index (χ1n) is 28.6. The van der Waals surface area contributed by atoms with Gasteiger partial charge in [0.15, 0.2) is 6.10 Å². The van der Waals surface area contributed by atoms with E-state index in [-0.39, 0.29) is 31.1 Å². The zero-order chi connectivity index (χ0) is 47.9. The molecule has 0 aromatic rings. The molecule has 6 nitrogen and oxygen atoms in total. The SMILES string of the molecule is CC/C=C\C/C=C\C/C=C\CCCCCCCCCCCC(=O)OCC(COC(=O)CCCCCCCCCCCCCC)OC(=O)CCCCCCCCC/C=C\CCCCCCCC. The minimum absolute atomic E-state index is 0.0733. The van der Waals surface area contributed by atoms with Crippen LogP contribution >= 0.6 is 0 Å². The number of hydrogen-bond donors (Lipinski definition) is 0. The molecule has 0 amide bonds. The molecule has 0 N–H and O–H groups in total. The summed E-state index contributed by atoms with van der Waals surface area (Å²) in [6, 6.07) is 0. The van der Waals surface area contributed by atoms with Crippen molar-refractivity contribution in [1.29, 1.82) is 0 Å². The maximum absolute atomic E-state index is 12.8. The van der Waals surface area contributed by atoms with Gasteiger partial charge in [0, 0.05) is 19.3 Å². The van der Waals surface area contributed by atoms with Crippen LogP contribution in [-0.2, 0) is 28.6 Å². The molecule has 0 fully saturated rings. The van der Waals surface area contributed by atoms with Gasteiger partial charge >= 0.3 is 17.9 Å². The Morgan fingerprint density at radius 3 is 0.939 bits per heavy atom. The number of carbonyl (C=O) groups is 3. The number of carbonyl (C=O) groups excluding carboxylic acids is 3. The van der Waals surface area contributed by atoms with E-state index in [2.05, 4.69) is 69.4 Å². The van der Waals surface area contributed by atoms with Gasteiger partial charge in [0.2, 0.25) is 0 Å². The summed E-state index contributed by atoms with van der Waals surface area (Å²) in [5, 5.41) is 0. The van der Waals surface area contributed by atoms with Crippen LogP contribution in [-0.4, -0.2) is 37.2 Å². The molecule has 6 heteroatoms. The van der Waals surface area contributed by atoms with E-state index < -0.39 is 6.10 Å². The maximum Gasteiger partial charge on any atom is 0.306 e. The molecule has 1 atom stereocenters. The van der Waals surface area contributed by atoms with E-state index in [1.807, 2.05) is 0 Å². The molecule has 0 spiro atoms. The number of hydrogen-bond acceptors (Lipinski definition) is 6. The van der Waals surface area contributed by atoms with Crippen molar-refractivity contribution in [2.45, 2.75) is 303 Å². The lowest BCUT2D eigenvalue weighted by Gasteiger charge is -2.18. The van der Waals surface area contributed by atoms with Crippen LogP contribution in [0.25, 0.3) is 0 Å². The Labute approximate surface area is 409 Å². The number of esters is 3. The second-order valence-electron chi connectivity index (χ2n) is 19.2. The van der Waals surface area contributed by atoms with Crippen LogP contribution in [0.2, 0.25) is 0 Å². The summed E-state index contributed by atoms with van der Waals surface area (Å²) in [7, 11) is 0. The third kappa shape index (κ3) is 52.3. The second-order valence-corrected chi connectivity index (χ2v) is 19.2. The highest BCUT2D eigenvalue weighted by molar-refractivity contribution is 5.71. The highest BCUT2D eigenvalue weighted by atomic mass is 16.6. The summed E-state index contributed by atoms with van der Waals surface area (Å²) in [6.45, 7) is 6.55. The predicted octanol–water partition coefficient (Wildman–Crippen LogP) is 19.0. The Hall–Kier alpha value is -2.63. The number of unbranched alkanes of at least 4 members (excludes halogenated alkanes) is 33. The molecule has 0 aliphatic heterocycles. The van der Waals surface area contributed by atoms with Gasteiger partial charge in [-0.15, -0.1) is 0 Å². The van der Waals surface area contributed by atoms with Crippen molar-refractivity contribution < 1.29 is 28.6 Å². The van der Waals surface area contributed by atoms with Gasteiger partial charge in [-0.25, -0.2) is 0 Å². The molecule has 0 saturated heterocycles. The summed E-state index contributed by atoms with van der Waals surface area (Å²) in [6.07, 6.45) is 66.7. The maximum atomic E-state index is 12.8. The normalized spacial score (nSPS) is 12.3. The molecule has 0 bridgehead atoms. The molecule has 0 aromatic heterocycles. The van der Waals surface area contributed by atoms with Gasteiger partial charge in [-0.2, -0.15) is 0 Å². The monoisotopic (exact) mass is 925 g/mol. The number of rotatable bonds is 52. The lowest BCUT2D eigenvalue weighted by molar-refractivity contribution is -0.167. The van der Waals surface area contributed by atoms with Gasteiger partial charge in [0.1, 0.15) is 13.2 Å². The minimum atomic E-state index is -0.775. The van der Waals surface area contributed by atoms with E-state index in [1.165, 1.54) is 180 Å². The van der Waals surface area contributed by atoms with Crippen molar-refractivity contribution in [2.75, 3.05) is 13.2 Å². The minimum Gasteiger partial charge on any atom is -0.462 e. The van der Waals surface area contributed by atoms with Crippen molar-refractivity contribution in [2.24, 2.45) is 0 Å². The van der Waals surface area contributed by atoms with Crippen molar-refractivity contribution >= 4 is 17.9 Å². The van der Waals surface area contributed by atoms with Gasteiger partial charge < -0.3 is 14.2 Å². The Balaban J connectivity index is 4.33. The van der Waals surface area contributed by atoms with E-state index in [1.54, 1.807) is 0 Å². The van der Waals surface area contributed by atoms with E-state index in [0.29, 0.717) is 19.3 Å². The largest absolute Gasteiger partial charge is 0.462 e. The van der Waals surface area contributed by atoms with Gasteiger partial charge in [-0.1, -0.05) is 249 Å². The second kappa shape index (κ2) is 55.0. The molecular weight excluding hydrogens is 817 g/mol. The molecular formula is C60H108O6. The molecule has 1 unspecified atom stereocenters. The molecule has 0 aliphatic rings. The van der Waals surface area contributed by atoms with Gasteiger partial charge in [0.05, 0.1) is 0 Å². The van der Waals surface area contributed by atoms with Crippen LogP contribution in [0.1, 0.15) is 297 Å². The fourth-order valence-electron chi connectivity index (χ4n) is 8.28. The summed E-state index contributed by atoms with van der Waals surface area (Å²) >= 11 is 0. The third-order valence-corrected chi connectivity index (χ3v) is 12.6. The van der Waals surface area contributed by atoms with Crippen molar-refractivity contribution in [3.05, 3.63) is 48.6 Å². The first kappa shape index (κ1) is 63.4.